The summed E-state index contributed by atoms with van der Waals surface area (Å²) in [6.07, 6.45) is 1.38. The number of benzene rings is 2. The van der Waals surface area contributed by atoms with Crippen molar-refractivity contribution in [2.45, 2.75) is 18.4 Å². The van der Waals surface area contributed by atoms with Crippen molar-refractivity contribution in [1.82, 2.24) is 0 Å². The zero-order valence-corrected chi connectivity index (χ0v) is 11.3. The fourth-order valence-electron chi connectivity index (χ4n) is 2.82. The Balaban J connectivity index is 1.72. The molecule has 1 N–H and O–H groups in total. The lowest BCUT2D eigenvalue weighted by Crippen LogP contribution is -2.42. The van der Waals surface area contributed by atoms with Crippen molar-refractivity contribution in [1.29, 1.82) is 0 Å². The van der Waals surface area contributed by atoms with Gasteiger partial charge in [-0.3, -0.25) is 0 Å². The summed E-state index contributed by atoms with van der Waals surface area (Å²) >= 11 is 0. The van der Waals surface area contributed by atoms with Crippen LogP contribution < -0.4 is 4.90 Å². The normalized spacial score (nSPS) is 18.0. The first-order valence-electron chi connectivity index (χ1n) is 6.96. The maximum absolute atomic E-state index is 12.9. The molecular weight excluding hydrogens is 253 g/mol. The number of anilines is 1. The van der Waals surface area contributed by atoms with Gasteiger partial charge in [0, 0.05) is 18.8 Å². The van der Waals surface area contributed by atoms with Gasteiger partial charge in [-0.25, -0.2) is 4.39 Å². The molecule has 1 heterocycles. The Hall–Kier alpha value is -1.87. The lowest BCUT2D eigenvalue weighted by molar-refractivity contribution is 0.0118. The number of halogens is 1. The molecule has 0 atom stereocenters. The molecule has 20 heavy (non-hydrogen) atoms. The maximum atomic E-state index is 12.9. The van der Waals surface area contributed by atoms with E-state index in [1.54, 1.807) is 12.1 Å². The van der Waals surface area contributed by atoms with Crippen LogP contribution in [0.15, 0.2) is 54.6 Å². The number of nitrogens with zero attached hydrogens (tertiary/aromatic N) is 1. The minimum atomic E-state index is -0.738. The monoisotopic (exact) mass is 271 g/mol. The second kappa shape index (κ2) is 5.25. The highest BCUT2D eigenvalue weighted by Crippen LogP contribution is 2.34. The second-order valence-corrected chi connectivity index (χ2v) is 5.36. The summed E-state index contributed by atoms with van der Waals surface area (Å²) in [6, 6.07) is 16.4. The molecule has 0 unspecified atom stereocenters. The van der Waals surface area contributed by atoms with E-state index >= 15 is 0 Å². The molecule has 1 aliphatic rings. The van der Waals surface area contributed by atoms with E-state index in [1.807, 2.05) is 30.3 Å². The third kappa shape index (κ3) is 2.54. The zero-order chi connectivity index (χ0) is 14.0. The largest absolute Gasteiger partial charge is 0.385 e. The maximum Gasteiger partial charge on any atom is 0.123 e. The van der Waals surface area contributed by atoms with Gasteiger partial charge in [-0.05, 0) is 42.7 Å². The van der Waals surface area contributed by atoms with Crippen LogP contribution in [0, 0.1) is 5.82 Å². The first-order chi connectivity index (χ1) is 9.67. The molecule has 1 saturated heterocycles. The van der Waals surface area contributed by atoms with E-state index in [2.05, 4.69) is 4.90 Å². The molecular formula is C17H18FNO. The molecule has 0 amide bonds. The predicted octanol–water partition coefficient (Wildman–Crippen LogP) is 3.31. The summed E-state index contributed by atoms with van der Waals surface area (Å²) in [5, 5.41) is 10.8. The summed E-state index contributed by atoms with van der Waals surface area (Å²) in [4.78, 5) is 2.19. The molecule has 0 radical (unpaired) electrons. The van der Waals surface area contributed by atoms with Crippen LogP contribution in [0.2, 0.25) is 0 Å². The Morgan fingerprint density at radius 1 is 0.900 bits per heavy atom. The van der Waals surface area contributed by atoms with E-state index in [-0.39, 0.29) is 5.82 Å². The van der Waals surface area contributed by atoms with E-state index in [9.17, 15) is 9.50 Å². The molecule has 0 spiro atoms. The Morgan fingerprint density at radius 2 is 1.50 bits per heavy atom. The number of hydrogen-bond donors (Lipinski definition) is 1. The molecule has 3 rings (SSSR count). The molecule has 0 saturated carbocycles. The Bertz CT molecular complexity index is 559. The molecule has 0 aliphatic carbocycles. The number of piperidine rings is 1. The summed E-state index contributed by atoms with van der Waals surface area (Å²) in [6.45, 7) is 1.55. The van der Waals surface area contributed by atoms with Gasteiger partial charge in [0.25, 0.3) is 0 Å². The minimum absolute atomic E-state index is 0.216. The van der Waals surface area contributed by atoms with E-state index < -0.39 is 5.60 Å². The molecule has 0 bridgehead atoms. The van der Waals surface area contributed by atoms with Crippen LogP contribution in [0.3, 0.4) is 0 Å². The molecule has 3 heteroatoms. The standard InChI is InChI=1S/C17H18FNO/c18-15-6-8-16(9-7-15)19-12-10-17(20,11-13-19)14-4-2-1-3-5-14/h1-9,20H,10-13H2. The van der Waals surface area contributed by atoms with Crippen LogP contribution in [-0.2, 0) is 5.60 Å². The Labute approximate surface area is 118 Å². The van der Waals surface area contributed by atoms with E-state index in [0.717, 1.165) is 24.3 Å². The molecule has 1 aliphatic heterocycles. The van der Waals surface area contributed by atoms with Crippen molar-refractivity contribution in [3.05, 3.63) is 66.0 Å². The molecule has 1 fully saturated rings. The highest BCUT2D eigenvalue weighted by atomic mass is 19.1. The van der Waals surface area contributed by atoms with Crippen LogP contribution in [0.4, 0.5) is 10.1 Å². The summed E-state index contributed by atoms with van der Waals surface area (Å²) in [7, 11) is 0. The summed E-state index contributed by atoms with van der Waals surface area (Å²) in [5.41, 5.74) is 1.26. The van der Waals surface area contributed by atoms with Crippen molar-refractivity contribution in [3.63, 3.8) is 0 Å². The Kier molecular flexibility index (Phi) is 3.45. The van der Waals surface area contributed by atoms with E-state index in [4.69, 9.17) is 0 Å². The molecule has 2 aromatic rings. The van der Waals surface area contributed by atoms with Gasteiger partial charge in [0.2, 0.25) is 0 Å². The van der Waals surface area contributed by atoms with Crippen LogP contribution >= 0.6 is 0 Å². The van der Waals surface area contributed by atoms with Gasteiger partial charge >= 0.3 is 0 Å². The average Bonchev–Trinajstić information content (AvgIpc) is 2.50. The number of aliphatic hydroxyl groups is 1. The third-order valence-corrected chi connectivity index (χ3v) is 4.09. The fourth-order valence-corrected chi connectivity index (χ4v) is 2.82. The SMILES string of the molecule is OC1(c2ccccc2)CCN(c2ccc(F)cc2)CC1. The van der Waals surface area contributed by atoms with Gasteiger partial charge in [-0.1, -0.05) is 30.3 Å². The van der Waals surface area contributed by atoms with Gasteiger partial charge in [0.1, 0.15) is 5.82 Å². The van der Waals surface area contributed by atoms with Crippen molar-refractivity contribution in [2.24, 2.45) is 0 Å². The van der Waals surface area contributed by atoms with Crippen LogP contribution in [0.5, 0.6) is 0 Å². The average molecular weight is 271 g/mol. The lowest BCUT2D eigenvalue weighted by atomic mass is 9.84. The fraction of sp³-hybridized carbons (Fsp3) is 0.294. The number of hydrogen-bond acceptors (Lipinski definition) is 2. The van der Waals surface area contributed by atoms with E-state index in [1.165, 1.54) is 12.1 Å². The van der Waals surface area contributed by atoms with Gasteiger partial charge < -0.3 is 10.0 Å². The van der Waals surface area contributed by atoms with Crippen LogP contribution in [0.25, 0.3) is 0 Å². The summed E-state index contributed by atoms with van der Waals surface area (Å²) in [5.74, 6) is -0.216. The second-order valence-electron chi connectivity index (χ2n) is 5.36. The van der Waals surface area contributed by atoms with Gasteiger partial charge in [0.05, 0.1) is 5.60 Å². The zero-order valence-electron chi connectivity index (χ0n) is 11.3. The topological polar surface area (TPSA) is 23.5 Å². The molecule has 0 aromatic heterocycles. The number of rotatable bonds is 2. The van der Waals surface area contributed by atoms with Crippen molar-refractivity contribution >= 4 is 5.69 Å². The quantitative estimate of drug-likeness (QED) is 0.905. The van der Waals surface area contributed by atoms with Crippen LogP contribution in [-0.4, -0.2) is 18.2 Å². The van der Waals surface area contributed by atoms with Gasteiger partial charge in [0.15, 0.2) is 0 Å². The summed E-state index contributed by atoms with van der Waals surface area (Å²) < 4.78 is 12.9. The van der Waals surface area contributed by atoms with Crippen molar-refractivity contribution < 1.29 is 9.50 Å². The van der Waals surface area contributed by atoms with Crippen LogP contribution in [0.1, 0.15) is 18.4 Å². The van der Waals surface area contributed by atoms with Crippen molar-refractivity contribution in [2.75, 3.05) is 18.0 Å². The predicted molar refractivity (Wildman–Crippen MR) is 78.2 cm³/mol. The van der Waals surface area contributed by atoms with Gasteiger partial charge in [-0.15, -0.1) is 0 Å². The lowest BCUT2D eigenvalue weighted by Gasteiger charge is -2.39. The minimum Gasteiger partial charge on any atom is -0.385 e. The first-order valence-corrected chi connectivity index (χ1v) is 6.96. The highest BCUT2D eigenvalue weighted by Gasteiger charge is 2.33. The molecule has 2 nitrogen and oxygen atoms in total. The van der Waals surface area contributed by atoms with Gasteiger partial charge in [-0.2, -0.15) is 0 Å². The third-order valence-electron chi connectivity index (χ3n) is 4.09. The smallest absolute Gasteiger partial charge is 0.123 e. The molecule has 104 valence electrons. The first kappa shape index (κ1) is 13.1. The highest BCUT2D eigenvalue weighted by molar-refractivity contribution is 5.47. The van der Waals surface area contributed by atoms with Crippen molar-refractivity contribution in [3.8, 4) is 0 Å². The van der Waals surface area contributed by atoms with E-state index in [0.29, 0.717) is 12.8 Å². The molecule has 2 aromatic carbocycles. The Morgan fingerprint density at radius 3 is 2.10 bits per heavy atom.